The molecular formula is C24H21N5O. The van der Waals surface area contributed by atoms with Crippen LogP contribution in [0.5, 0.6) is 0 Å². The van der Waals surface area contributed by atoms with Gasteiger partial charge in [-0.1, -0.05) is 36.4 Å². The second kappa shape index (κ2) is 8.87. The summed E-state index contributed by atoms with van der Waals surface area (Å²) in [7, 11) is 1.80. The SMILES string of the molecule is CN(NC(=O)/C=C/c1cn(-c2ccccc2)nc1-c1cccnc1)c1ccccc1. The predicted molar refractivity (Wildman–Crippen MR) is 119 cm³/mol. The summed E-state index contributed by atoms with van der Waals surface area (Å²) in [5.41, 5.74) is 7.13. The standard InChI is InChI=1S/C24H21N5O/c1-28(21-10-4-2-5-11-21)26-23(30)15-14-20-18-29(22-12-6-3-7-13-22)27-24(20)19-9-8-16-25-17-19/h2-18H,1H3,(H,26,30)/b15-14+. The molecule has 0 unspecified atom stereocenters. The van der Waals surface area contributed by atoms with E-state index < -0.39 is 0 Å². The number of nitrogens with one attached hydrogen (secondary N) is 1. The molecule has 30 heavy (non-hydrogen) atoms. The normalized spacial score (nSPS) is 10.8. The van der Waals surface area contributed by atoms with Crippen molar-refractivity contribution in [2.24, 2.45) is 0 Å². The summed E-state index contributed by atoms with van der Waals surface area (Å²) < 4.78 is 1.80. The maximum absolute atomic E-state index is 12.4. The third-order valence-electron chi connectivity index (χ3n) is 4.53. The fourth-order valence-corrected chi connectivity index (χ4v) is 3.03. The first-order valence-electron chi connectivity index (χ1n) is 9.54. The van der Waals surface area contributed by atoms with Crippen molar-refractivity contribution in [2.45, 2.75) is 0 Å². The number of benzene rings is 2. The van der Waals surface area contributed by atoms with E-state index in [-0.39, 0.29) is 5.91 Å². The highest BCUT2D eigenvalue weighted by atomic mass is 16.2. The molecule has 1 N–H and O–H groups in total. The van der Waals surface area contributed by atoms with Crippen molar-refractivity contribution in [3.05, 3.63) is 103 Å². The van der Waals surface area contributed by atoms with Crippen LogP contribution in [0.3, 0.4) is 0 Å². The number of nitrogens with zero attached hydrogens (tertiary/aromatic N) is 4. The summed E-state index contributed by atoms with van der Waals surface area (Å²) in [4.78, 5) is 16.6. The molecule has 0 spiro atoms. The minimum atomic E-state index is -0.231. The fraction of sp³-hybridized carbons (Fsp3) is 0.0417. The van der Waals surface area contributed by atoms with Crippen molar-refractivity contribution in [2.75, 3.05) is 12.1 Å². The summed E-state index contributed by atoms with van der Waals surface area (Å²) in [6.07, 6.45) is 8.66. The van der Waals surface area contributed by atoms with Gasteiger partial charge in [0.15, 0.2) is 0 Å². The number of amides is 1. The molecule has 1 amide bonds. The van der Waals surface area contributed by atoms with Gasteiger partial charge in [-0.15, -0.1) is 0 Å². The zero-order chi connectivity index (χ0) is 20.8. The summed E-state index contributed by atoms with van der Waals surface area (Å²) in [6, 6.07) is 23.3. The summed E-state index contributed by atoms with van der Waals surface area (Å²) in [5.74, 6) is -0.231. The first-order valence-corrected chi connectivity index (χ1v) is 9.54. The number of hydrogen-bond acceptors (Lipinski definition) is 4. The van der Waals surface area contributed by atoms with Crippen LogP contribution in [0.1, 0.15) is 5.56 Å². The molecule has 0 aliphatic heterocycles. The third kappa shape index (κ3) is 4.44. The minimum Gasteiger partial charge on any atom is -0.288 e. The van der Waals surface area contributed by atoms with Crippen LogP contribution in [0, 0.1) is 0 Å². The molecule has 0 radical (unpaired) electrons. The van der Waals surface area contributed by atoms with E-state index in [0.29, 0.717) is 0 Å². The van der Waals surface area contributed by atoms with Crippen molar-refractivity contribution in [3.63, 3.8) is 0 Å². The Morgan fingerprint density at radius 2 is 1.73 bits per heavy atom. The van der Waals surface area contributed by atoms with Crippen LogP contribution < -0.4 is 10.4 Å². The van der Waals surface area contributed by atoms with E-state index in [0.717, 1.165) is 28.2 Å². The molecule has 0 atom stereocenters. The molecule has 0 saturated heterocycles. The van der Waals surface area contributed by atoms with Crippen molar-refractivity contribution in [1.29, 1.82) is 0 Å². The average molecular weight is 395 g/mol. The zero-order valence-electron chi connectivity index (χ0n) is 16.5. The molecule has 2 aromatic carbocycles. The van der Waals surface area contributed by atoms with Crippen LogP contribution in [0.4, 0.5) is 5.69 Å². The van der Waals surface area contributed by atoms with Gasteiger partial charge in [-0.05, 0) is 42.5 Å². The third-order valence-corrected chi connectivity index (χ3v) is 4.53. The van der Waals surface area contributed by atoms with Crippen molar-refractivity contribution in [3.8, 4) is 16.9 Å². The van der Waals surface area contributed by atoms with Gasteiger partial charge in [0.05, 0.1) is 11.4 Å². The molecule has 0 bridgehead atoms. The van der Waals surface area contributed by atoms with Crippen LogP contribution in [-0.2, 0) is 4.79 Å². The Hall–Kier alpha value is -4.19. The Balaban J connectivity index is 1.59. The number of anilines is 1. The molecule has 6 heteroatoms. The number of aromatic nitrogens is 3. The number of pyridine rings is 1. The largest absolute Gasteiger partial charge is 0.288 e. The Morgan fingerprint density at radius 3 is 2.43 bits per heavy atom. The average Bonchev–Trinajstić information content (AvgIpc) is 3.24. The van der Waals surface area contributed by atoms with Gasteiger partial charge in [0.1, 0.15) is 5.69 Å². The van der Waals surface area contributed by atoms with Gasteiger partial charge in [0.2, 0.25) is 0 Å². The number of rotatable bonds is 6. The number of hydrogen-bond donors (Lipinski definition) is 1. The van der Waals surface area contributed by atoms with Gasteiger partial charge in [-0.25, -0.2) is 4.68 Å². The first kappa shape index (κ1) is 19.1. The van der Waals surface area contributed by atoms with E-state index in [1.54, 1.807) is 35.2 Å². The van der Waals surface area contributed by atoms with Crippen LogP contribution in [-0.4, -0.2) is 27.7 Å². The molecule has 2 heterocycles. The maximum atomic E-state index is 12.4. The van der Waals surface area contributed by atoms with Gasteiger partial charge < -0.3 is 0 Å². The highest BCUT2D eigenvalue weighted by Gasteiger charge is 2.11. The van der Waals surface area contributed by atoms with Crippen LogP contribution in [0.25, 0.3) is 23.0 Å². The lowest BCUT2D eigenvalue weighted by Gasteiger charge is -2.18. The molecule has 0 aliphatic rings. The van der Waals surface area contributed by atoms with Gasteiger partial charge in [0, 0.05) is 42.8 Å². The van der Waals surface area contributed by atoms with E-state index >= 15 is 0 Å². The summed E-state index contributed by atoms with van der Waals surface area (Å²) >= 11 is 0. The lowest BCUT2D eigenvalue weighted by Crippen LogP contribution is -2.38. The number of carbonyl (C=O) groups excluding carboxylic acids is 1. The van der Waals surface area contributed by atoms with Crippen LogP contribution >= 0.6 is 0 Å². The topological polar surface area (TPSA) is 63.1 Å². The monoisotopic (exact) mass is 395 g/mol. The second-order valence-electron chi connectivity index (χ2n) is 6.66. The van der Waals surface area contributed by atoms with Gasteiger partial charge >= 0.3 is 0 Å². The number of hydrazine groups is 1. The fourth-order valence-electron chi connectivity index (χ4n) is 3.03. The molecule has 0 fully saturated rings. The van der Waals surface area contributed by atoms with E-state index in [4.69, 9.17) is 5.10 Å². The zero-order valence-corrected chi connectivity index (χ0v) is 16.5. The van der Waals surface area contributed by atoms with Crippen molar-refractivity contribution in [1.82, 2.24) is 20.2 Å². The highest BCUT2D eigenvalue weighted by molar-refractivity contribution is 5.93. The Kier molecular flexibility index (Phi) is 5.66. The van der Waals surface area contributed by atoms with E-state index in [1.807, 2.05) is 79.0 Å². The molecule has 2 aromatic heterocycles. The molecule has 4 aromatic rings. The minimum absolute atomic E-state index is 0.231. The number of carbonyl (C=O) groups is 1. The van der Waals surface area contributed by atoms with E-state index in [2.05, 4.69) is 10.4 Å². The molecule has 0 saturated carbocycles. The van der Waals surface area contributed by atoms with Crippen LogP contribution in [0.15, 0.2) is 97.5 Å². The highest BCUT2D eigenvalue weighted by Crippen LogP contribution is 2.24. The Morgan fingerprint density at radius 1 is 1.00 bits per heavy atom. The maximum Gasteiger partial charge on any atom is 0.262 e. The van der Waals surface area contributed by atoms with Crippen molar-refractivity contribution >= 4 is 17.7 Å². The molecule has 148 valence electrons. The van der Waals surface area contributed by atoms with Gasteiger partial charge in [-0.2, -0.15) is 5.10 Å². The van der Waals surface area contributed by atoms with E-state index in [1.165, 1.54) is 6.08 Å². The Bertz CT molecular complexity index is 1140. The second-order valence-corrected chi connectivity index (χ2v) is 6.66. The quantitative estimate of drug-likeness (QED) is 0.394. The first-order chi connectivity index (χ1) is 14.7. The number of para-hydroxylation sites is 2. The molecular weight excluding hydrogens is 374 g/mol. The lowest BCUT2D eigenvalue weighted by atomic mass is 10.1. The molecule has 6 nitrogen and oxygen atoms in total. The summed E-state index contributed by atoms with van der Waals surface area (Å²) in [6.45, 7) is 0. The summed E-state index contributed by atoms with van der Waals surface area (Å²) in [5, 5.41) is 6.40. The van der Waals surface area contributed by atoms with Gasteiger partial charge in [-0.3, -0.25) is 20.2 Å². The predicted octanol–water partition coefficient (Wildman–Crippen LogP) is 4.12. The smallest absolute Gasteiger partial charge is 0.262 e. The van der Waals surface area contributed by atoms with Crippen LogP contribution in [0.2, 0.25) is 0 Å². The Labute approximate surface area is 175 Å². The van der Waals surface area contributed by atoms with Gasteiger partial charge in [0.25, 0.3) is 5.91 Å². The van der Waals surface area contributed by atoms with E-state index in [9.17, 15) is 4.79 Å². The molecule has 4 rings (SSSR count). The molecule has 0 aliphatic carbocycles. The lowest BCUT2D eigenvalue weighted by molar-refractivity contribution is -0.116. The van der Waals surface area contributed by atoms with Crippen molar-refractivity contribution < 1.29 is 4.79 Å².